The first-order valence-electron chi connectivity index (χ1n) is 9.97. The zero-order chi connectivity index (χ0) is 20.1. The number of nitrogens with zero attached hydrogens (tertiary/aromatic N) is 5. The van der Waals surface area contributed by atoms with Crippen LogP contribution in [0.15, 0.2) is 36.7 Å². The summed E-state index contributed by atoms with van der Waals surface area (Å²) in [6, 6.07) is 6.59. The summed E-state index contributed by atoms with van der Waals surface area (Å²) in [6.07, 6.45) is 6.80. The molecule has 1 aliphatic heterocycles. The first-order valence-corrected chi connectivity index (χ1v) is 9.97. The molecule has 5 rings (SSSR count). The Morgan fingerprint density at radius 2 is 1.93 bits per heavy atom. The van der Waals surface area contributed by atoms with Gasteiger partial charge in [0.25, 0.3) is 11.9 Å². The number of aryl methyl sites for hydroxylation is 1. The number of amides is 1. The maximum Gasteiger partial charge on any atom is 0.257 e. The van der Waals surface area contributed by atoms with E-state index in [0.717, 1.165) is 41.9 Å². The van der Waals surface area contributed by atoms with Crippen LogP contribution in [-0.2, 0) is 0 Å². The number of halogens is 1. The third-order valence-electron chi connectivity index (χ3n) is 6.18. The third-order valence-corrected chi connectivity index (χ3v) is 6.18. The molecule has 2 aromatic heterocycles. The summed E-state index contributed by atoms with van der Waals surface area (Å²) in [6.45, 7) is 4.63. The summed E-state index contributed by atoms with van der Waals surface area (Å²) in [5, 5.41) is 4.40. The van der Waals surface area contributed by atoms with Gasteiger partial charge >= 0.3 is 0 Å². The summed E-state index contributed by atoms with van der Waals surface area (Å²) in [7, 11) is 0. The molecule has 0 spiro atoms. The van der Waals surface area contributed by atoms with Gasteiger partial charge in [-0.15, -0.1) is 0 Å². The minimum atomic E-state index is -0.289. The predicted molar refractivity (Wildman–Crippen MR) is 106 cm³/mol. The van der Waals surface area contributed by atoms with Gasteiger partial charge in [-0.2, -0.15) is 5.10 Å². The molecule has 1 saturated carbocycles. The van der Waals surface area contributed by atoms with Crippen molar-refractivity contribution in [1.29, 1.82) is 0 Å². The molecule has 2 atom stereocenters. The molecule has 1 amide bonds. The Balaban J connectivity index is 1.48. The number of hydrogen-bond donors (Lipinski definition) is 0. The fourth-order valence-electron chi connectivity index (χ4n) is 4.58. The zero-order valence-corrected chi connectivity index (χ0v) is 16.5. The lowest BCUT2D eigenvalue weighted by Crippen LogP contribution is -2.37. The van der Waals surface area contributed by atoms with E-state index in [2.05, 4.69) is 15.1 Å². The van der Waals surface area contributed by atoms with Crippen molar-refractivity contribution in [2.24, 2.45) is 5.92 Å². The maximum absolute atomic E-state index is 13.3. The van der Waals surface area contributed by atoms with Crippen molar-refractivity contribution >= 4 is 5.91 Å². The van der Waals surface area contributed by atoms with Crippen molar-refractivity contribution in [3.63, 3.8) is 0 Å². The van der Waals surface area contributed by atoms with Crippen molar-refractivity contribution in [2.75, 3.05) is 6.54 Å². The largest absolute Gasteiger partial charge is 0.335 e. The summed E-state index contributed by atoms with van der Waals surface area (Å²) >= 11 is 0. The van der Waals surface area contributed by atoms with Crippen LogP contribution in [0.1, 0.15) is 40.9 Å². The van der Waals surface area contributed by atoms with E-state index in [1.807, 2.05) is 18.7 Å². The van der Waals surface area contributed by atoms with Crippen molar-refractivity contribution in [3.05, 3.63) is 59.3 Å². The lowest BCUT2D eigenvalue weighted by molar-refractivity contribution is 0.0703. The number of carbonyl (C=O) groups excluding carboxylic acids is 1. The number of piperidine rings is 1. The molecule has 1 aliphatic carbocycles. The average molecular weight is 391 g/mol. The van der Waals surface area contributed by atoms with Crippen LogP contribution in [0.2, 0.25) is 0 Å². The molecule has 3 aromatic rings. The van der Waals surface area contributed by atoms with Crippen molar-refractivity contribution in [2.45, 2.75) is 39.2 Å². The van der Waals surface area contributed by atoms with E-state index < -0.39 is 0 Å². The van der Waals surface area contributed by atoms with Gasteiger partial charge in [0, 0.05) is 24.3 Å². The van der Waals surface area contributed by atoms with E-state index in [1.165, 1.54) is 18.6 Å². The van der Waals surface area contributed by atoms with Crippen LogP contribution in [0.3, 0.4) is 0 Å². The van der Waals surface area contributed by atoms with Crippen LogP contribution in [0, 0.1) is 25.6 Å². The number of benzene rings is 1. The van der Waals surface area contributed by atoms with Crippen LogP contribution >= 0.6 is 0 Å². The molecule has 2 fully saturated rings. The van der Waals surface area contributed by atoms with Gasteiger partial charge in [-0.05, 0) is 68.9 Å². The molecule has 0 unspecified atom stereocenters. The van der Waals surface area contributed by atoms with Gasteiger partial charge in [0.15, 0.2) is 0 Å². The van der Waals surface area contributed by atoms with Crippen LogP contribution in [0.25, 0.3) is 17.2 Å². The summed E-state index contributed by atoms with van der Waals surface area (Å²) in [5.74, 6) is 0.807. The Bertz CT molecular complexity index is 1090. The number of hydrogen-bond acceptors (Lipinski definition) is 4. The Morgan fingerprint density at radius 3 is 2.62 bits per heavy atom. The summed E-state index contributed by atoms with van der Waals surface area (Å²) < 4.78 is 14.9. The Morgan fingerprint density at radius 1 is 1.14 bits per heavy atom. The first-order chi connectivity index (χ1) is 14.0. The molecule has 29 heavy (non-hydrogen) atoms. The van der Waals surface area contributed by atoms with Gasteiger partial charge in [-0.3, -0.25) is 4.79 Å². The highest BCUT2D eigenvalue weighted by Gasteiger charge is 2.41. The normalized spacial score (nSPS) is 20.4. The summed E-state index contributed by atoms with van der Waals surface area (Å²) in [5.41, 5.74) is 3.74. The lowest BCUT2D eigenvalue weighted by Gasteiger charge is -2.26. The minimum Gasteiger partial charge on any atom is -0.335 e. The third kappa shape index (κ3) is 3.01. The SMILES string of the molecule is Cc1cnc(-n2ncc(C(=O)N3C[C@@H]4CC[C@@H]3C4)c2C)nc1-c1ccc(F)cc1. The molecule has 3 heterocycles. The average Bonchev–Trinajstić information content (AvgIpc) is 3.45. The second-order valence-electron chi connectivity index (χ2n) is 8.05. The second kappa shape index (κ2) is 6.76. The molecule has 0 radical (unpaired) electrons. The molecule has 2 bridgehead atoms. The molecule has 6 nitrogen and oxygen atoms in total. The topological polar surface area (TPSA) is 63.9 Å². The molecule has 1 saturated heterocycles. The molecule has 1 aromatic carbocycles. The van der Waals surface area contributed by atoms with Crippen LogP contribution in [0.4, 0.5) is 4.39 Å². The highest BCUT2D eigenvalue weighted by atomic mass is 19.1. The maximum atomic E-state index is 13.3. The molecule has 0 N–H and O–H groups in total. The molecular weight excluding hydrogens is 369 g/mol. The van der Waals surface area contributed by atoms with E-state index in [0.29, 0.717) is 23.5 Å². The van der Waals surface area contributed by atoms with Gasteiger partial charge in [-0.1, -0.05) is 0 Å². The standard InChI is InChI=1S/C22H22FN5O/c1-13-10-24-22(26-20(13)16-4-6-17(23)7-5-16)28-14(2)19(11-25-28)21(29)27-12-15-3-8-18(27)9-15/h4-7,10-11,15,18H,3,8-9,12H2,1-2H3/t15-,18-/m1/s1. The smallest absolute Gasteiger partial charge is 0.257 e. The summed E-state index contributed by atoms with van der Waals surface area (Å²) in [4.78, 5) is 24.1. The highest BCUT2D eigenvalue weighted by molar-refractivity contribution is 5.95. The monoisotopic (exact) mass is 391 g/mol. The fourth-order valence-corrected chi connectivity index (χ4v) is 4.58. The van der Waals surface area contributed by atoms with Crippen LogP contribution < -0.4 is 0 Å². The fraction of sp³-hybridized carbons (Fsp3) is 0.364. The number of likely N-dealkylation sites (tertiary alicyclic amines) is 1. The highest BCUT2D eigenvalue weighted by Crippen LogP contribution is 2.38. The van der Waals surface area contributed by atoms with Crippen molar-refractivity contribution in [1.82, 2.24) is 24.6 Å². The van der Waals surface area contributed by atoms with Gasteiger partial charge in [0.1, 0.15) is 5.82 Å². The van der Waals surface area contributed by atoms with Gasteiger partial charge < -0.3 is 4.90 Å². The van der Waals surface area contributed by atoms with Gasteiger partial charge in [0.2, 0.25) is 0 Å². The van der Waals surface area contributed by atoms with E-state index in [9.17, 15) is 9.18 Å². The first kappa shape index (κ1) is 18.0. The molecular formula is C22H22FN5O. The van der Waals surface area contributed by atoms with E-state index in [1.54, 1.807) is 29.2 Å². The van der Waals surface area contributed by atoms with Crippen molar-refractivity contribution in [3.8, 4) is 17.2 Å². The Hall–Kier alpha value is -3.09. The zero-order valence-electron chi connectivity index (χ0n) is 16.5. The van der Waals surface area contributed by atoms with E-state index in [-0.39, 0.29) is 11.7 Å². The van der Waals surface area contributed by atoms with Crippen LogP contribution in [-0.4, -0.2) is 43.1 Å². The number of rotatable bonds is 3. The quantitative estimate of drug-likeness (QED) is 0.683. The van der Waals surface area contributed by atoms with Gasteiger partial charge in [0.05, 0.1) is 23.1 Å². The molecule has 148 valence electrons. The number of carbonyl (C=O) groups is 1. The molecule has 2 aliphatic rings. The minimum absolute atomic E-state index is 0.0480. The van der Waals surface area contributed by atoms with Crippen molar-refractivity contribution < 1.29 is 9.18 Å². The van der Waals surface area contributed by atoms with Gasteiger partial charge in [-0.25, -0.2) is 19.0 Å². The Labute approximate surface area is 168 Å². The Kier molecular flexibility index (Phi) is 4.19. The molecule has 7 heteroatoms. The number of fused-ring (bicyclic) bond motifs is 2. The number of aromatic nitrogens is 4. The van der Waals surface area contributed by atoms with Crippen LogP contribution in [0.5, 0.6) is 0 Å². The lowest BCUT2D eigenvalue weighted by atomic mass is 10.1. The van der Waals surface area contributed by atoms with E-state index >= 15 is 0 Å². The van der Waals surface area contributed by atoms with E-state index in [4.69, 9.17) is 0 Å². The predicted octanol–water partition coefficient (Wildman–Crippen LogP) is 3.71. The second-order valence-corrected chi connectivity index (χ2v) is 8.05.